The Morgan fingerprint density at radius 2 is 1.72 bits per heavy atom. The van der Waals surface area contributed by atoms with Crippen molar-refractivity contribution in [2.75, 3.05) is 37.9 Å². The maximum Gasteiger partial charge on any atom is 0.339 e. The van der Waals surface area contributed by atoms with Gasteiger partial charge in [0.05, 0.1) is 37.7 Å². The zero-order chi connectivity index (χ0) is 30.7. The molecule has 0 bridgehead atoms. The summed E-state index contributed by atoms with van der Waals surface area (Å²) in [6, 6.07) is 23.5. The summed E-state index contributed by atoms with van der Waals surface area (Å²) in [5.41, 5.74) is 5.31. The van der Waals surface area contributed by atoms with Crippen molar-refractivity contribution in [3.05, 3.63) is 130 Å². The van der Waals surface area contributed by atoms with Crippen molar-refractivity contribution >= 4 is 23.1 Å². The molecule has 4 aromatic rings. The second-order valence-corrected chi connectivity index (χ2v) is 10.6. The van der Waals surface area contributed by atoms with Crippen LogP contribution in [0.1, 0.15) is 12.6 Å². The Kier molecular flexibility index (Phi) is 8.00. The normalized spacial score (nSPS) is 12.9. The molecule has 1 amide bonds. The molecule has 3 aromatic carbocycles. The van der Waals surface area contributed by atoms with Crippen molar-refractivity contribution in [3.63, 3.8) is 0 Å². The standard InChI is InChI=1S/C33H32N6O4/c1-23-19-20-35-32-31(30(23)34)37(24-15-17-28(18-16-24)43-27-12-6-5-7-13-27)33(41)38(32)26-11-8-10-25(22-26)36(2)29(40)14-9-21-39(3,4)42/h5-18,20,22,34-35H,21H2,1-4H3/b14-9+,34-30?. The van der Waals surface area contributed by atoms with Crippen LogP contribution in [-0.4, -0.2) is 53.1 Å². The number of carbonyl (C=O) groups excluding carboxylic acids is 1. The SMILES string of the molecule is CC1=C=CNc2c(n(-c3ccc(Oc4ccccc4)cc3)c(=O)n2-c2cccc(N(C)C(=O)/C=C/C[N+](C)(C)[O-])c2)C1=N. The number of nitrogens with zero attached hydrogens (tertiary/aromatic N) is 4. The molecule has 0 unspecified atom stereocenters. The van der Waals surface area contributed by atoms with E-state index >= 15 is 0 Å². The number of ether oxygens (including phenoxy) is 1. The van der Waals surface area contributed by atoms with Crippen LogP contribution in [-0.2, 0) is 4.79 Å². The van der Waals surface area contributed by atoms with Gasteiger partial charge in [0.1, 0.15) is 23.0 Å². The summed E-state index contributed by atoms with van der Waals surface area (Å²) in [4.78, 5) is 28.4. The Balaban J connectivity index is 1.55. The molecule has 0 atom stereocenters. The minimum atomic E-state index is -0.540. The molecule has 2 N–H and O–H groups in total. The fourth-order valence-electron chi connectivity index (χ4n) is 4.58. The van der Waals surface area contributed by atoms with Crippen molar-refractivity contribution in [1.82, 2.24) is 9.13 Å². The van der Waals surface area contributed by atoms with Crippen molar-refractivity contribution in [1.29, 1.82) is 5.41 Å². The Morgan fingerprint density at radius 1 is 1.02 bits per heavy atom. The number of nitrogens with one attached hydrogen (secondary N) is 2. The van der Waals surface area contributed by atoms with E-state index in [9.17, 15) is 14.8 Å². The molecule has 1 aromatic heterocycles. The first-order valence-electron chi connectivity index (χ1n) is 13.6. The first-order chi connectivity index (χ1) is 20.5. The topological polar surface area (TPSA) is 115 Å². The maximum atomic E-state index is 14.1. The van der Waals surface area contributed by atoms with Crippen LogP contribution in [0.5, 0.6) is 11.5 Å². The third kappa shape index (κ3) is 6.27. The summed E-state index contributed by atoms with van der Waals surface area (Å²) < 4.78 is 8.34. The molecule has 1 aliphatic heterocycles. The van der Waals surface area contributed by atoms with E-state index in [1.807, 2.05) is 30.3 Å². The number of hydrogen-bond acceptors (Lipinski definition) is 6. The lowest BCUT2D eigenvalue weighted by atomic mass is 10.1. The number of benzene rings is 3. The number of amides is 1. The second kappa shape index (κ2) is 11.8. The van der Waals surface area contributed by atoms with Crippen molar-refractivity contribution in [2.24, 2.45) is 0 Å². The fourth-order valence-corrected chi connectivity index (χ4v) is 4.58. The minimum absolute atomic E-state index is 0.144. The summed E-state index contributed by atoms with van der Waals surface area (Å²) in [6.45, 7) is 1.92. The Hall–Kier alpha value is -5.41. The number of hydrogen-bond donors (Lipinski definition) is 2. The number of carbonyl (C=O) groups is 1. The number of imidazole rings is 1. The number of fused-ring (bicyclic) bond motifs is 1. The maximum absolute atomic E-state index is 14.1. The van der Waals surface area contributed by atoms with E-state index in [4.69, 9.17) is 10.1 Å². The smallest absolute Gasteiger partial charge is 0.339 e. The molecule has 0 saturated heterocycles. The second-order valence-electron chi connectivity index (χ2n) is 10.6. The molecule has 10 nitrogen and oxygen atoms in total. The van der Waals surface area contributed by atoms with Gasteiger partial charge in [-0.05, 0) is 67.6 Å². The number of likely N-dealkylation sites (N-methyl/N-ethyl adjacent to an activating group) is 2. The molecule has 0 spiro atoms. The Bertz CT molecular complexity index is 1840. The lowest BCUT2D eigenvalue weighted by Crippen LogP contribution is -2.32. The van der Waals surface area contributed by atoms with E-state index in [0.29, 0.717) is 45.6 Å². The molecule has 218 valence electrons. The molecule has 0 aliphatic carbocycles. The molecular formula is C33H32N6O4. The number of hydroxylamine groups is 3. The third-order valence-corrected chi connectivity index (χ3v) is 6.85. The van der Waals surface area contributed by atoms with Gasteiger partial charge in [-0.15, -0.1) is 0 Å². The average Bonchev–Trinajstić information content (AvgIpc) is 3.19. The number of rotatable bonds is 8. The summed E-state index contributed by atoms with van der Waals surface area (Å²) in [5.74, 6) is 1.38. The number of para-hydroxylation sites is 1. The summed E-state index contributed by atoms with van der Waals surface area (Å²) in [6.07, 6.45) is 4.49. The third-order valence-electron chi connectivity index (χ3n) is 6.85. The molecule has 1 aliphatic rings. The van der Waals surface area contributed by atoms with Crippen LogP contribution in [0.4, 0.5) is 11.5 Å². The van der Waals surface area contributed by atoms with E-state index < -0.39 is 10.3 Å². The van der Waals surface area contributed by atoms with Crippen molar-refractivity contribution in [3.8, 4) is 22.9 Å². The van der Waals surface area contributed by atoms with E-state index in [1.165, 1.54) is 34.2 Å². The molecule has 0 fully saturated rings. The summed E-state index contributed by atoms with van der Waals surface area (Å²) >= 11 is 0. The quantitative estimate of drug-likeness (QED) is 0.127. The fraction of sp³-hybridized carbons (Fsp3) is 0.152. The number of quaternary nitrogens is 1. The van der Waals surface area contributed by atoms with Crippen LogP contribution >= 0.6 is 0 Å². The van der Waals surface area contributed by atoms with Gasteiger partial charge in [0.25, 0.3) is 5.91 Å². The molecule has 0 saturated carbocycles. The van der Waals surface area contributed by atoms with Gasteiger partial charge in [0, 0.05) is 30.6 Å². The van der Waals surface area contributed by atoms with Gasteiger partial charge in [-0.25, -0.2) is 9.36 Å². The Labute approximate surface area is 249 Å². The van der Waals surface area contributed by atoms with Gasteiger partial charge < -0.3 is 24.8 Å². The van der Waals surface area contributed by atoms with Crippen molar-refractivity contribution < 1.29 is 14.2 Å². The average molecular weight is 577 g/mol. The molecule has 2 heterocycles. The van der Waals surface area contributed by atoms with Crippen LogP contribution in [0.15, 0.2) is 113 Å². The first-order valence-corrected chi connectivity index (χ1v) is 13.6. The highest BCUT2D eigenvalue weighted by Crippen LogP contribution is 2.29. The minimum Gasteiger partial charge on any atom is -0.633 e. The molecule has 0 radical (unpaired) electrons. The van der Waals surface area contributed by atoms with Gasteiger partial charge in [-0.1, -0.05) is 30.0 Å². The van der Waals surface area contributed by atoms with Crippen LogP contribution in [0, 0.1) is 10.6 Å². The predicted molar refractivity (Wildman–Crippen MR) is 168 cm³/mol. The number of aromatic nitrogens is 2. The molecular weight excluding hydrogens is 544 g/mol. The highest BCUT2D eigenvalue weighted by atomic mass is 16.5. The number of anilines is 2. The molecule has 43 heavy (non-hydrogen) atoms. The van der Waals surface area contributed by atoms with E-state index in [1.54, 1.807) is 74.8 Å². The largest absolute Gasteiger partial charge is 0.633 e. The zero-order valence-corrected chi connectivity index (χ0v) is 24.4. The summed E-state index contributed by atoms with van der Waals surface area (Å²) in [7, 11) is 4.63. The Morgan fingerprint density at radius 3 is 2.42 bits per heavy atom. The summed E-state index contributed by atoms with van der Waals surface area (Å²) in [5, 5.41) is 23.9. The lowest BCUT2D eigenvalue weighted by molar-refractivity contribution is -0.833. The predicted octanol–water partition coefficient (Wildman–Crippen LogP) is 5.37. The van der Waals surface area contributed by atoms with Gasteiger partial charge in [-0.3, -0.25) is 14.8 Å². The van der Waals surface area contributed by atoms with Crippen LogP contribution < -0.4 is 20.6 Å². The van der Waals surface area contributed by atoms with Crippen LogP contribution in [0.3, 0.4) is 0 Å². The van der Waals surface area contributed by atoms with Crippen LogP contribution in [0.25, 0.3) is 11.4 Å². The lowest BCUT2D eigenvalue weighted by Gasteiger charge is -2.32. The monoisotopic (exact) mass is 576 g/mol. The van der Waals surface area contributed by atoms with E-state index in [0.717, 1.165) is 0 Å². The van der Waals surface area contributed by atoms with E-state index in [2.05, 4.69) is 11.0 Å². The van der Waals surface area contributed by atoms with Gasteiger partial charge >= 0.3 is 5.69 Å². The van der Waals surface area contributed by atoms with Gasteiger partial charge in [0.15, 0.2) is 0 Å². The highest BCUT2D eigenvalue weighted by molar-refractivity contribution is 6.13. The first kappa shape index (κ1) is 29.1. The van der Waals surface area contributed by atoms with Gasteiger partial charge in [-0.2, -0.15) is 0 Å². The number of allylic oxidation sites excluding steroid dienone is 1. The zero-order valence-electron chi connectivity index (χ0n) is 24.4. The molecule has 10 heteroatoms. The highest BCUT2D eigenvalue weighted by Gasteiger charge is 2.27. The van der Waals surface area contributed by atoms with Crippen LogP contribution in [0.2, 0.25) is 0 Å². The van der Waals surface area contributed by atoms with E-state index in [-0.39, 0.29) is 18.2 Å². The van der Waals surface area contributed by atoms with Crippen molar-refractivity contribution in [2.45, 2.75) is 6.92 Å². The molecule has 5 rings (SSSR count). The van der Waals surface area contributed by atoms with Gasteiger partial charge in [0.2, 0.25) is 0 Å².